The Bertz CT molecular complexity index is 489. The average molecular weight is 295 g/mol. The number of hydrogen-bond donors (Lipinski definition) is 1. The number of nitrogens with two attached hydrogens (primary N) is 1. The monoisotopic (exact) mass is 294 g/mol. The summed E-state index contributed by atoms with van der Waals surface area (Å²) in [5, 5.41) is 0.531. The van der Waals surface area contributed by atoms with E-state index in [2.05, 4.69) is 6.92 Å². The van der Waals surface area contributed by atoms with Gasteiger partial charge in [0.25, 0.3) is 5.91 Å². The largest absolute Gasteiger partial charge is 0.334 e. The van der Waals surface area contributed by atoms with E-state index in [4.69, 9.17) is 17.3 Å². The Balaban J connectivity index is 2.19. The molecule has 20 heavy (non-hydrogen) atoms. The van der Waals surface area contributed by atoms with Gasteiger partial charge in [0.15, 0.2) is 0 Å². The Morgan fingerprint density at radius 2 is 2.25 bits per heavy atom. The molecule has 0 saturated carbocycles. The van der Waals surface area contributed by atoms with Gasteiger partial charge in [-0.2, -0.15) is 0 Å². The van der Waals surface area contributed by atoms with Gasteiger partial charge in [-0.3, -0.25) is 4.79 Å². The Morgan fingerprint density at radius 1 is 1.50 bits per heavy atom. The second kappa shape index (κ2) is 6.59. The summed E-state index contributed by atoms with van der Waals surface area (Å²) in [7, 11) is 0. The molecule has 3 nitrogen and oxygen atoms in total. The van der Waals surface area contributed by atoms with E-state index >= 15 is 0 Å². The molecule has 1 saturated heterocycles. The van der Waals surface area contributed by atoms with Gasteiger partial charge in [-0.1, -0.05) is 31.0 Å². The van der Waals surface area contributed by atoms with E-state index < -0.39 is 0 Å². The lowest BCUT2D eigenvalue weighted by Gasteiger charge is -2.39. The number of amides is 1. The Labute approximate surface area is 126 Å². The SMILES string of the molecule is CCC1CCN(C(=O)c2ccc(C)cc2Cl)C(CN)C1. The second-order valence-electron chi connectivity index (χ2n) is 5.67. The van der Waals surface area contributed by atoms with Gasteiger partial charge in [-0.25, -0.2) is 0 Å². The Kier molecular flexibility index (Phi) is 5.06. The fraction of sp³-hybridized carbons (Fsp3) is 0.562. The molecule has 1 heterocycles. The molecule has 1 aliphatic rings. The molecular formula is C16H23ClN2O. The minimum absolute atomic E-state index is 0.0139. The van der Waals surface area contributed by atoms with Crippen LogP contribution in [0.5, 0.6) is 0 Å². The number of nitrogens with zero attached hydrogens (tertiary/aromatic N) is 1. The molecule has 1 aliphatic heterocycles. The summed E-state index contributed by atoms with van der Waals surface area (Å²) in [4.78, 5) is 14.6. The fourth-order valence-corrected chi connectivity index (χ4v) is 3.26. The molecule has 1 aromatic carbocycles. The van der Waals surface area contributed by atoms with E-state index in [9.17, 15) is 4.79 Å². The number of rotatable bonds is 3. The van der Waals surface area contributed by atoms with Crippen molar-refractivity contribution in [1.29, 1.82) is 0 Å². The zero-order valence-electron chi connectivity index (χ0n) is 12.2. The second-order valence-corrected chi connectivity index (χ2v) is 6.08. The zero-order chi connectivity index (χ0) is 14.7. The first-order valence-electron chi connectivity index (χ1n) is 7.34. The maximum absolute atomic E-state index is 12.7. The van der Waals surface area contributed by atoms with Crippen LogP contribution in [0.3, 0.4) is 0 Å². The summed E-state index contributed by atoms with van der Waals surface area (Å²) in [5.74, 6) is 0.695. The van der Waals surface area contributed by atoms with E-state index in [-0.39, 0.29) is 11.9 Å². The molecule has 0 aliphatic carbocycles. The molecule has 0 spiro atoms. The Hall–Kier alpha value is -1.06. The lowest BCUT2D eigenvalue weighted by molar-refractivity contribution is 0.0559. The Morgan fingerprint density at radius 3 is 2.85 bits per heavy atom. The quantitative estimate of drug-likeness (QED) is 0.930. The van der Waals surface area contributed by atoms with Gasteiger partial charge in [-0.05, 0) is 43.4 Å². The van der Waals surface area contributed by atoms with Crippen molar-refractivity contribution in [2.24, 2.45) is 11.7 Å². The first-order valence-corrected chi connectivity index (χ1v) is 7.71. The van der Waals surface area contributed by atoms with Crippen LogP contribution < -0.4 is 5.73 Å². The predicted octanol–water partition coefficient (Wildman–Crippen LogP) is 3.24. The highest BCUT2D eigenvalue weighted by atomic mass is 35.5. The minimum Gasteiger partial charge on any atom is -0.334 e. The van der Waals surface area contributed by atoms with Gasteiger partial charge in [0.05, 0.1) is 10.6 Å². The summed E-state index contributed by atoms with van der Waals surface area (Å²) < 4.78 is 0. The molecule has 1 amide bonds. The first-order chi connectivity index (χ1) is 9.56. The first kappa shape index (κ1) is 15.3. The molecule has 4 heteroatoms. The maximum atomic E-state index is 12.7. The topological polar surface area (TPSA) is 46.3 Å². The average Bonchev–Trinajstić information content (AvgIpc) is 2.46. The van der Waals surface area contributed by atoms with E-state index in [1.54, 1.807) is 0 Å². The van der Waals surface area contributed by atoms with E-state index in [1.807, 2.05) is 30.0 Å². The van der Waals surface area contributed by atoms with Crippen LogP contribution in [0.15, 0.2) is 18.2 Å². The highest BCUT2D eigenvalue weighted by Crippen LogP contribution is 2.28. The molecule has 110 valence electrons. The summed E-state index contributed by atoms with van der Waals surface area (Å²) in [6.45, 7) is 5.47. The maximum Gasteiger partial charge on any atom is 0.255 e. The van der Waals surface area contributed by atoms with Gasteiger partial charge in [0, 0.05) is 19.1 Å². The number of benzene rings is 1. The number of aryl methyl sites for hydroxylation is 1. The highest BCUT2D eigenvalue weighted by Gasteiger charge is 2.31. The highest BCUT2D eigenvalue weighted by molar-refractivity contribution is 6.33. The van der Waals surface area contributed by atoms with Crippen LogP contribution in [-0.2, 0) is 0 Å². The normalized spacial score (nSPS) is 22.9. The number of hydrogen-bond acceptors (Lipinski definition) is 2. The number of carbonyl (C=O) groups is 1. The summed E-state index contributed by atoms with van der Waals surface area (Å²) in [6, 6.07) is 5.72. The van der Waals surface area contributed by atoms with Crippen LogP contribution in [0.4, 0.5) is 0 Å². The minimum atomic E-state index is 0.0139. The van der Waals surface area contributed by atoms with Crippen molar-refractivity contribution >= 4 is 17.5 Å². The number of likely N-dealkylation sites (tertiary alicyclic amines) is 1. The lowest BCUT2D eigenvalue weighted by Crippen LogP contribution is -2.49. The van der Waals surface area contributed by atoms with Crippen LogP contribution in [0.1, 0.15) is 42.1 Å². The third kappa shape index (κ3) is 3.15. The van der Waals surface area contributed by atoms with Crippen molar-refractivity contribution in [2.75, 3.05) is 13.1 Å². The molecule has 2 rings (SSSR count). The molecule has 2 N–H and O–H groups in total. The molecule has 1 fully saturated rings. The molecule has 2 atom stereocenters. The number of piperidine rings is 1. The van der Waals surface area contributed by atoms with Crippen LogP contribution in [0.2, 0.25) is 5.02 Å². The van der Waals surface area contributed by atoms with Crippen LogP contribution >= 0.6 is 11.6 Å². The van der Waals surface area contributed by atoms with Crippen molar-refractivity contribution in [3.05, 3.63) is 34.3 Å². The lowest BCUT2D eigenvalue weighted by atomic mass is 9.88. The summed E-state index contributed by atoms with van der Waals surface area (Å²) in [5.41, 5.74) is 7.51. The smallest absolute Gasteiger partial charge is 0.255 e. The van der Waals surface area contributed by atoms with Gasteiger partial charge < -0.3 is 10.6 Å². The third-order valence-electron chi connectivity index (χ3n) is 4.29. The van der Waals surface area contributed by atoms with Crippen molar-refractivity contribution in [2.45, 2.75) is 39.2 Å². The van der Waals surface area contributed by atoms with Crippen molar-refractivity contribution in [1.82, 2.24) is 4.90 Å². The predicted molar refractivity (Wildman–Crippen MR) is 83.1 cm³/mol. The van der Waals surface area contributed by atoms with Crippen LogP contribution in [-0.4, -0.2) is 29.9 Å². The van der Waals surface area contributed by atoms with E-state index in [1.165, 1.54) is 0 Å². The van der Waals surface area contributed by atoms with Crippen LogP contribution in [0, 0.1) is 12.8 Å². The molecule has 0 aromatic heterocycles. The van der Waals surface area contributed by atoms with Crippen LogP contribution in [0.25, 0.3) is 0 Å². The van der Waals surface area contributed by atoms with Crippen molar-refractivity contribution in [3.63, 3.8) is 0 Å². The van der Waals surface area contributed by atoms with Crippen molar-refractivity contribution in [3.8, 4) is 0 Å². The van der Waals surface area contributed by atoms with Crippen molar-refractivity contribution < 1.29 is 4.79 Å². The number of halogens is 1. The third-order valence-corrected chi connectivity index (χ3v) is 4.60. The zero-order valence-corrected chi connectivity index (χ0v) is 13.0. The summed E-state index contributed by atoms with van der Waals surface area (Å²) in [6.07, 6.45) is 3.22. The molecule has 0 bridgehead atoms. The standard InChI is InChI=1S/C16H23ClN2O/c1-3-12-6-7-19(13(9-12)10-18)16(20)14-5-4-11(2)8-15(14)17/h4-5,8,12-13H,3,6-7,9-10,18H2,1-2H3. The van der Waals surface area contributed by atoms with Gasteiger partial charge >= 0.3 is 0 Å². The molecular weight excluding hydrogens is 272 g/mol. The number of carbonyl (C=O) groups excluding carboxylic acids is 1. The van der Waals surface area contributed by atoms with E-state index in [0.29, 0.717) is 23.0 Å². The van der Waals surface area contributed by atoms with E-state index in [0.717, 1.165) is 31.4 Å². The summed E-state index contributed by atoms with van der Waals surface area (Å²) >= 11 is 6.21. The van der Waals surface area contributed by atoms with Gasteiger partial charge in [-0.15, -0.1) is 0 Å². The van der Waals surface area contributed by atoms with Gasteiger partial charge in [0.2, 0.25) is 0 Å². The van der Waals surface area contributed by atoms with Gasteiger partial charge in [0.1, 0.15) is 0 Å². The molecule has 0 radical (unpaired) electrons. The fourth-order valence-electron chi connectivity index (χ4n) is 2.94. The molecule has 1 aromatic rings. The molecule has 2 unspecified atom stereocenters.